The van der Waals surface area contributed by atoms with Crippen molar-refractivity contribution in [1.82, 2.24) is 0 Å². The lowest BCUT2D eigenvalue weighted by Crippen LogP contribution is -2.36. The van der Waals surface area contributed by atoms with Gasteiger partial charge in [0.25, 0.3) is 0 Å². The van der Waals surface area contributed by atoms with Gasteiger partial charge in [0.1, 0.15) is 23.7 Å². The molecule has 0 amide bonds. The van der Waals surface area contributed by atoms with E-state index in [4.69, 9.17) is 18.9 Å². The second-order valence-electron chi connectivity index (χ2n) is 19.2. The highest BCUT2D eigenvalue weighted by Gasteiger charge is 2.57. The molecule has 6 nitrogen and oxygen atoms in total. The van der Waals surface area contributed by atoms with Gasteiger partial charge in [0, 0.05) is 5.41 Å². The van der Waals surface area contributed by atoms with Crippen LogP contribution in [0.5, 0.6) is 11.5 Å². The molecule has 0 radical (unpaired) electrons. The van der Waals surface area contributed by atoms with Crippen LogP contribution in [0.3, 0.4) is 0 Å². The number of hydrogen-bond donors (Lipinski definition) is 0. The Balaban J connectivity index is 1.31. The smallest absolute Gasteiger partial charge is 0.430 e. The summed E-state index contributed by atoms with van der Waals surface area (Å²) in [6, 6.07) is 8.66. The summed E-state index contributed by atoms with van der Waals surface area (Å²) in [5, 5.41) is 0. The third-order valence-corrected chi connectivity index (χ3v) is 13.4. The molecule has 0 aliphatic heterocycles. The van der Waals surface area contributed by atoms with Crippen LogP contribution in [0.15, 0.2) is 24.3 Å². The fourth-order valence-corrected chi connectivity index (χ4v) is 10.8. The number of carbonyl (C=O) groups is 2. The molecule has 2 fully saturated rings. The summed E-state index contributed by atoms with van der Waals surface area (Å²) in [5.41, 5.74) is 6.21. The predicted molar refractivity (Wildman–Crippen MR) is 203 cm³/mol. The van der Waals surface area contributed by atoms with Gasteiger partial charge < -0.3 is 18.9 Å². The Morgan fingerprint density at radius 1 is 0.608 bits per heavy atom. The van der Waals surface area contributed by atoms with E-state index >= 15 is 0 Å². The molecule has 2 aromatic carbocycles. The Kier molecular flexibility index (Phi) is 10.2. The topological polar surface area (TPSA) is 71.1 Å². The molecule has 4 aliphatic rings. The standard InChI is InChI=1S/C45H64O6/c1-25(2)31-15-13-27(5)17-39(31)50-41(46)48-37-21-35-33(19-29(37)7)43(9,10)23-45(35)24-44(11,12)34-20-30(8)38(22-36(34)45)49-42(47)51-40-18-28(6)14-16-32(40)26(3)4/h19-22,25-28,31-32,39-40H,13-18,23-24H2,1-12H3/t27-,28-,31+,32+,39-,40-,45?/m1/s1. The molecule has 0 saturated heterocycles. The largest absolute Gasteiger partial charge is 0.514 e. The summed E-state index contributed by atoms with van der Waals surface area (Å²) in [4.78, 5) is 26.9. The van der Waals surface area contributed by atoms with Crippen molar-refractivity contribution >= 4 is 12.3 Å². The van der Waals surface area contributed by atoms with Gasteiger partial charge in [-0.1, -0.05) is 94.2 Å². The van der Waals surface area contributed by atoms with Gasteiger partial charge in [0.15, 0.2) is 0 Å². The van der Waals surface area contributed by atoms with Crippen molar-refractivity contribution < 1.29 is 28.5 Å². The zero-order valence-electron chi connectivity index (χ0n) is 33.5. The summed E-state index contributed by atoms with van der Waals surface area (Å²) in [6.07, 6.45) is 6.55. The van der Waals surface area contributed by atoms with Gasteiger partial charge >= 0.3 is 12.3 Å². The first-order chi connectivity index (χ1) is 23.8. The fraction of sp³-hybridized carbons (Fsp3) is 0.689. The van der Waals surface area contributed by atoms with Gasteiger partial charge in [-0.25, -0.2) is 9.59 Å². The average molecular weight is 701 g/mol. The summed E-state index contributed by atoms with van der Waals surface area (Å²) in [5.74, 6) is 3.74. The molecule has 0 N–H and O–H groups in total. The highest BCUT2D eigenvalue weighted by Crippen LogP contribution is 2.64. The summed E-state index contributed by atoms with van der Waals surface area (Å²) >= 11 is 0. The van der Waals surface area contributed by atoms with Gasteiger partial charge in [0.2, 0.25) is 0 Å². The Labute approximate surface area is 307 Å². The van der Waals surface area contributed by atoms with Crippen molar-refractivity contribution in [3.05, 3.63) is 57.6 Å². The van der Waals surface area contributed by atoms with Gasteiger partial charge in [-0.05, 0) is 144 Å². The third-order valence-electron chi connectivity index (χ3n) is 13.4. The maximum absolute atomic E-state index is 13.4. The fourth-order valence-electron chi connectivity index (χ4n) is 10.8. The van der Waals surface area contributed by atoms with Crippen molar-refractivity contribution in [2.45, 2.75) is 163 Å². The molecular formula is C45H64O6. The van der Waals surface area contributed by atoms with Crippen LogP contribution in [0.4, 0.5) is 9.59 Å². The van der Waals surface area contributed by atoms with Crippen LogP contribution in [-0.2, 0) is 25.7 Å². The molecule has 6 rings (SSSR count). The lowest BCUT2D eigenvalue weighted by molar-refractivity contribution is -0.0144. The number of fused-ring (bicyclic) bond motifs is 4. The van der Waals surface area contributed by atoms with Crippen molar-refractivity contribution in [2.24, 2.45) is 35.5 Å². The molecule has 0 bridgehead atoms. The zero-order chi connectivity index (χ0) is 37.2. The normalized spacial score (nSPS) is 28.7. The molecule has 0 aromatic heterocycles. The lowest BCUT2D eigenvalue weighted by Gasteiger charge is -2.36. The first kappa shape index (κ1) is 37.7. The number of aryl methyl sites for hydroxylation is 2. The minimum Gasteiger partial charge on any atom is -0.430 e. The minimum atomic E-state index is -0.613. The summed E-state index contributed by atoms with van der Waals surface area (Å²) in [7, 11) is 0. The summed E-state index contributed by atoms with van der Waals surface area (Å²) < 4.78 is 24.4. The van der Waals surface area contributed by atoms with E-state index in [1.54, 1.807) is 0 Å². The van der Waals surface area contributed by atoms with Gasteiger partial charge in [-0.3, -0.25) is 0 Å². The molecule has 0 heterocycles. The van der Waals surface area contributed by atoms with E-state index in [-0.39, 0.29) is 28.5 Å². The predicted octanol–water partition coefficient (Wildman–Crippen LogP) is 11.9. The van der Waals surface area contributed by atoms with E-state index in [0.29, 0.717) is 47.0 Å². The van der Waals surface area contributed by atoms with Crippen molar-refractivity contribution in [1.29, 1.82) is 0 Å². The molecule has 6 heteroatoms. The maximum Gasteiger partial charge on any atom is 0.514 e. The third kappa shape index (κ3) is 7.19. The van der Waals surface area contributed by atoms with E-state index < -0.39 is 12.3 Å². The van der Waals surface area contributed by atoms with Crippen LogP contribution in [0, 0.1) is 49.4 Å². The van der Waals surface area contributed by atoms with Crippen molar-refractivity contribution in [3.63, 3.8) is 0 Å². The minimum absolute atomic E-state index is 0.117. The number of benzene rings is 2. The van der Waals surface area contributed by atoms with Crippen LogP contribution >= 0.6 is 0 Å². The van der Waals surface area contributed by atoms with Crippen LogP contribution in [0.25, 0.3) is 0 Å². The van der Waals surface area contributed by atoms with Gasteiger partial charge in [0.05, 0.1) is 0 Å². The first-order valence-electron chi connectivity index (χ1n) is 19.9. The molecule has 1 spiro atoms. The summed E-state index contributed by atoms with van der Waals surface area (Å²) in [6.45, 7) is 26.7. The Hall–Kier alpha value is -3.02. The van der Waals surface area contributed by atoms with E-state index in [1.807, 2.05) is 13.8 Å². The van der Waals surface area contributed by atoms with Crippen LogP contribution < -0.4 is 9.47 Å². The molecule has 51 heavy (non-hydrogen) atoms. The van der Waals surface area contributed by atoms with Gasteiger partial charge in [-0.15, -0.1) is 0 Å². The number of rotatable bonds is 6. The van der Waals surface area contributed by atoms with E-state index in [1.165, 1.54) is 35.1 Å². The van der Waals surface area contributed by atoms with Crippen LogP contribution in [0.2, 0.25) is 0 Å². The van der Waals surface area contributed by atoms with Gasteiger partial charge in [-0.2, -0.15) is 0 Å². The number of carbonyl (C=O) groups excluding carboxylic acids is 2. The second kappa shape index (κ2) is 13.8. The van der Waals surface area contributed by atoms with Crippen molar-refractivity contribution in [2.75, 3.05) is 0 Å². The SMILES string of the molecule is Cc1cc2c(cc1OC(=O)O[C@@H]1C[C@H](C)CC[C@H]1C(C)C)C1(CC2(C)C)CC(C)(C)c2cc(C)c(OC(=O)O[C@@H]3C[C@H](C)CC[C@H]3C(C)C)cc21. The highest BCUT2D eigenvalue weighted by atomic mass is 16.7. The molecule has 6 atom stereocenters. The zero-order valence-corrected chi connectivity index (χ0v) is 33.5. The average Bonchev–Trinajstić information content (AvgIpc) is 3.35. The highest BCUT2D eigenvalue weighted by molar-refractivity contribution is 5.69. The molecule has 280 valence electrons. The quantitative estimate of drug-likeness (QED) is 0.221. The Morgan fingerprint density at radius 2 is 0.980 bits per heavy atom. The number of hydrogen-bond acceptors (Lipinski definition) is 6. The van der Waals surface area contributed by atoms with E-state index in [2.05, 4.69) is 93.5 Å². The van der Waals surface area contributed by atoms with E-state index in [0.717, 1.165) is 49.7 Å². The lowest BCUT2D eigenvalue weighted by atomic mass is 9.72. The second-order valence-corrected chi connectivity index (χ2v) is 19.2. The molecule has 2 aromatic rings. The van der Waals surface area contributed by atoms with Crippen LogP contribution in [0.1, 0.15) is 154 Å². The Bertz CT molecular complexity index is 1530. The molecule has 0 unspecified atom stereocenters. The Morgan fingerprint density at radius 3 is 1.33 bits per heavy atom. The van der Waals surface area contributed by atoms with E-state index in [9.17, 15) is 9.59 Å². The monoisotopic (exact) mass is 700 g/mol. The molecule has 2 saturated carbocycles. The number of ether oxygens (including phenoxy) is 4. The maximum atomic E-state index is 13.4. The first-order valence-corrected chi connectivity index (χ1v) is 19.9. The molecule has 4 aliphatic carbocycles. The van der Waals surface area contributed by atoms with Crippen molar-refractivity contribution in [3.8, 4) is 11.5 Å². The van der Waals surface area contributed by atoms with Crippen LogP contribution in [-0.4, -0.2) is 24.5 Å². The molecular weight excluding hydrogens is 636 g/mol.